The SMILES string of the molecule is O=Cc1ccc(-c2c(Cl)c(Cl)c(O)c3c2C(=O)c2ccccc2C3=O)o1. The van der Waals surface area contributed by atoms with Gasteiger partial charge in [0.15, 0.2) is 23.6 Å². The average Bonchev–Trinajstić information content (AvgIpc) is 3.12. The van der Waals surface area contributed by atoms with Crippen molar-refractivity contribution < 1.29 is 23.9 Å². The molecule has 1 aliphatic carbocycles. The number of carbonyl (C=O) groups excluding carboxylic acids is 3. The number of furan rings is 1. The number of carbonyl (C=O) groups is 3. The van der Waals surface area contributed by atoms with E-state index in [9.17, 15) is 19.5 Å². The van der Waals surface area contributed by atoms with Gasteiger partial charge in [-0.25, -0.2) is 0 Å². The van der Waals surface area contributed by atoms with Gasteiger partial charge in [-0.05, 0) is 12.1 Å². The Hall–Kier alpha value is -2.89. The summed E-state index contributed by atoms with van der Waals surface area (Å²) in [6, 6.07) is 9.10. The molecular formula is C19H8Cl2O5. The first-order chi connectivity index (χ1) is 12.5. The highest BCUT2D eigenvalue weighted by atomic mass is 35.5. The van der Waals surface area contributed by atoms with E-state index in [2.05, 4.69) is 0 Å². The summed E-state index contributed by atoms with van der Waals surface area (Å²) in [5.41, 5.74) is 0.0730. The summed E-state index contributed by atoms with van der Waals surface area (Å²) in [6.07, 6.45) is 0.494. The van der Waals surface area contributed by atoms with Crippen LogP contribution >= 0.6 is 23.2 Å². The third kappa shape index (κ3) is 2.14. The van der Waals surface area contributed by atoms with Crippen molar-refractivity contribution in [3.63, 3.8) is 0 Å². The highest BCUT2D eigenvalue weighted by Gasteiger charge is 2.37. The van der Waals surface area contributed by atoms with Gasteiger partial charge in [0.05, 0.1) is 16.1 Å². The maximum absolute atomic E-state index is 13.1. The first-order valence-electron chi connectivity index (χ1n) is 7.43. The van der Waals surface area contributed by atoms with Crippen LogP contribution < -0.4 is 0 Å². The summed E-state index contributed by atoms with van der Waals surface area (Å²) in [4.78, 5) is 36.9. The van der Waals surface area contributed by atoms with Crippen LogP contribution in [0.3, 0.4) is 0 Å². The Morgan fingerprint density at radius 1 is 0.846 bits per heavy atom. The third-order valence-electron chi connectivity index (χ3n) is 4.22. The molecule has 0 aliphatic heterocycles. The van der Waals surface area contributed by atoms with Crippen LogP contribution in [0.2, 0.25) is 10.0 Å². The topological polar surface area (TPSA) is 84.6 Å². The van der Waals surface area contributed by atoms with Gasteiger partial charge >= 0.3 is 0 Å². The molecule has 3 aromatic rings. The lowest BCUT2D eigenvalue weighted by Gasteiger charge is -2.22. The van der Waals surface area contributed by atoms with Crippen LogP contribution in [-0.2, 0) is 0 Å². The van der Waals surface area contributed by atoms with Crippen molar-refractivity contribution in [3.05, 3.63) is 74.5 Å². The molecule has 0 fully saturated rings. The minimum Gasteiger partial charge on any atom is -0.506 e. The Morgan fingerprint density at radius 2 is 1.46 bits per heavy atom. The predicted molar refractivity (Wildman–Crippen MR) is 94.5 cm³/mol. The normalized spacial score (nSPS) is 12.7. The van der Waals surface area contributed by atoms with E-state index in [4.69, 9.17) is 27.6 Å². The molecule has 26 heavy (non-hydrogen) atoms. The first kappa shape index (κ1) is 16.6. The summed E-state index contributed by atoms with van der Waals surface area (Å²) in [7, 11) is 0. The van der Waals surface area contributed by atoms with Crippen molar-refractivity contribution in [2.45, 2.75) is 0 Å². The van der Waals surface area contributed by atoms with Crippen molar-refractivity contribution in [2.24, 2.45) is 0 Å². The predicted octanol–water partition coefficient (Wildman–Crippen LogP) is 4.55. The van der Waals surface area contributed by atoms with Crippen molar-refractivity contribution in [2.75, 3.05) is 0 Å². The molecule has 1 aliphatic rings. The molecular weight excluding hydrogens is 379 g/mol. The van der Waals surface area contributed by atoms with Gasteiger partial charge in [0.25, 0.3) is 0 Å². The second kappa shape index (κ2) is 5.83. The standard InChI is InChI=1S/C19H8Cl2O5/c20-15-12(11-6-5-8(7-22)26-11)13-14(19(25)16(15)21)18(24)10-4-2-1-3-9(10)17(13)23/h1-7,25H. The minimum atomic E-state index is -0.564. The number of ketones is 2. The fourth-order valence-corrected chi connectivity index (χ4v) is 3.52. The molecule has 7 heteroatoms. The fourth-order valence-electron chi connectivity index (χ4n) is 3.06. The highest BCUT2D eigenvalue weighted by Crippen LogP contribution is 2.48. The number of phenolic OH excluding ortho intramolecular Hbond substituents is 1. The van der Waals surface area contributed by atoms with Gasteiger partial charge in [-0.2, -0.15) is 0 Å². The maximum atomic E-state index is 13.1. The molecule has 4 rings (SSSR count). The molecule has 1 heterocycles. The second-order valence-electron chi connectivity index (χ2n) is 5.63. The summed E-state index contributed by atoms with van der Waals surface area (Å²) in [6.45, 7) is 0. The molecule has 0 saturated carbocycles. The van der Waals surface area contributed by atoms with E-state index in [1.54, 1.807) is 12.1 Å². The van der Waals surface area contributed by atoms with Crippen molar-refractivity contribution in [1.82, 2.24) is 0 Å². The molecule has 5 nitrogen and oxygen atoms in total. The van der Waals surface area contributed by atoms with Crippen molar-refractivity contribution >= 4 is 41.1 Å². The van der Waals surface area contributed by atoms with E-state index >= 15 is 0 Å². The molecule has 0 amide bonds. The van der Waals surface area contributed by atoms with Crippen LogP contribution in [0, 0.1) is 0 Å². The van der Waals surface area contributed by atoms with E-state index < -0.39 is 17.3 Å². The monoisotopic (exact) mass is 386 g/mol. The van der Waals surface area contributed by atoms with Crippen LogP contribution in [0.1, 0.15) is 42.4 Å². The number of aromatic hydroxyl groups is 1. The Balaban J connectivity index is 2.12. The number of halogens is 2. The molecule has 128 valence electrons. The number of rotatable bonds is 2. The fraction of sp³-hybridized carbons (Fsp3) is 0. The molecule has 0 bridgehead atoms. The zero-order valence-electron chi connectivity index (χ0n) is 12.9. The zero-order valence-corrected chi connectivity index (χ0v) is 14.4. The van der Waals surface area contributed by atoms with E-state index in [-0.39, 0.29) is 49.4 Å². The number of phenols is 1. The number of hydrogen-bond donors (Lipinski definition) is 1. The Labute approximate surface area is 156 Å². The largest absolute Gasteiger partial charge is 0.506 e. The molecule has 0 saturated heterocycles. The molecule has 1 N–H and O–H groups in total. The van der Waals surface area contributed by atoms with E-state index in [0.717, 1.165) is 0 Å². The quantitative estimate of drug-likeness (QED) is 0.511. The van der Waals surface area contributed by atoms with Gasteiger partial charge in [-0.3, -0.25) is 14.4 Å². The van der Waals surface area contributed by atoms with Gasteiger partial charge in [0.1, 0.15) is 16.5 Å². The third-order valence-corrected chi connectivity index (χ3v) is 5.06. The maximum Gasteiger partial charge on any atom is 0.198 e. The summed E-state index contributed by atoms with van der Waals surface area (Å²) in [5, 5.41) is 9.97. The molecule has 0 unspecified atom stereocenters. The number of fused-ring (bicyclic) bond motifs is 2. The Bertz CT molecular complexity index is 1130. The van der Waals surface area contributed by atoms with Crippen LogP contribution in [0.5, 0.6) is 5.75 Å². The minimum absolute atomic E-state index is 0.0176. The van der Waals surface area contributed by atoms with Crippen LogP contribution in [0.15, 0.2) is 40.8 Å². The molecule has 0 spiro atoms. The highest BCUT2D eigenvalue weighted by molar-refractivity contribution is 6.47. The lowest BCUT2D eigenvalue weighted by molar-refractivity contribution is 0.0977. The van der Waals surface area contributed by atoms with Gasteiger partial charge in [-0.1, -0.05) is 47.5 Å². The number of aldehydes is 1. The second-order valence-corrected chi connectivity index (χ2v) is 6.38. The first-order valence-corrected chi connectivity index (χ1v) is 8.19. The van der Waals surface area contributed by atoms with Gasteiger partial charge in [0, 0.05) is 16.7 Å². The lowest BCUT2D eigenvalue weighted by Crippen LogP contribution is -2.22. The van der Waals surface area contributed by atoms with Gasteiger partial charge in [0.2, 0.25) is 0 Å². The van der Waals surface area contributed by atoms with Crippen LogP contribution in [-0.4, -0.2) is 23.0 Å². The van der Waals surface area contributed by atoms with E-state index in [0.29, 0.717) is 6.29 Å². The number of benzene rings is 2. The average molecular weight is 387 g/mol. The van der Waals surface area contributed by atoms with Gasteiger partial charge in [-0.15, -0.1) is 0 Å². The molecule has 1 aromatic heterocycles. The van der Waals surface area contributed by atoms with E-state index in [1.165, 1.54) is 24.3 Å². The van der Waals surface area contributed by atoms with Crippen LogP contribution in [0.25, 0.3) is 11.3 Å². The Kier molecular flexibility index (Phi) is 3.72. The molecule has 0 radical (unpaired) electrons. The molecule has 2 aromatic carbocycles. The molecule has 0 atom stereocenters. The van der Waals surface area contributed by atoms with Crippen molar-refractivity contribution in [1.29, 1.82) is 0 Å². The summed E-state index contributed by atoms with van der Waals surface area (Å²) < 4.78 is 5.38. The number of hydrogen-bond acceptors (Lipinski definition) is 5. The Morgan fingerprint density at radius 3 is 2.04 bits per heavy atom. The van der Waals surface area contributed by atoms with Crippen LogP contribution in [0.4, 0.5) is 0 Å². The van der Waals surface area contributed by atoms with Crippen molar-refractivity contribution in [3.8, 4) is 17.1 Å². The van der Waals surface area contributed by atoms with E-state index in [1.807, 2.05) is 0 Å². The summed E-state index contributed by atoms with van der Waals surface area (Å²) in [5.74, 6) is -1.50. The zero-order chi connectivity index (χ0) is 18.6. The summed E-state index contributed by atoms with van der Waals surface area (Å²) >= 11 is 12.4. The van der Waals surface area contributed by atoms with Gasteiger partial charge < -0.3 is 9.52 Å². The lowest BCUT2D eigenvalue weighted by atomic mass is 9.81. The smallest absolute Gasteiger partial charge is 0.198 e.